The number of rotatable bonds is 5. The van der Waals surface area contributed by atoms with Gasteiger partial charge in [0.15, 0.2) is 5.84 Å². The number of carbonyl (C=O) groups is 1. The number of hydrogen-bond acceptors (Lipinski definition) is 6. The third-order valence-corrected chi connectivity index (χ3v) is 2.50. The molecule has 20 heavy (non-hydrogen) atoms. The maximum absolute atomic E-state index is 11.8. The van der Waals surface area contributed by atoms with E-state index >= 15 is 0 Å². The van der Waals surface area contributed by atoms with Crippen molar-refractivity contribution in [3.8, 4) is 0 Å². The normalized spacial score (nSPS) is 11.3. The molecule has 0 unspecified atom stereocenters. The number of oxime groups is 1. The molecule has 0 radical (unpaired) electrons. The van der Waals surface area contributed by atoms with Crippen LogP contribution in [-0.4, -0.2) is 43.5 Å². The molecule has 0 aliphatic carbocycles. The standard InChI is InChI=1S/C11H13N7O2/c12-10(16-20)8-1-2-9(14-7-8)11(19)13-3-5-18-6-4-15-17-18/h1-2,4,6-7,20H,3,5H2,(H2,12,16)(H,13,19). The molecule has 1 amide bonds. The number of hydrogen-bond donors (Lipinski definition) is 3. The fraction of sp³-hybridized carbons (Fsp3) is 0.182. The molecule has 9 heteroatoms. The Morgan fingerprint density at radius 2 is 2.35 bits per heavy atom. The molecule has 0 aliphatic heterocycles. The summed E-state index contributed by atoms with van der Waals surface area (Å²) in [5.74, 6) is -0.369. The van der Waals surface area contributed by atoms with Crippen LogP contribution < -0.4 is 11.1 Å². The highest BCUT2D eigenvalue weighted by molar-refractivity contribution is 5.98. The zero-order chi connectivity index (χ0) is 14.4. The third-order valence-electron chi connectivity index (χ3n) is 2.50. The molecule has 9 nitrogen and oxygen atoms in total. The Morgan fingerprint density at radius 1 is 1.50 bits per heavy atom. The van der Waals surface area contributed by atoms with Crippen LogP contribution in [0.3, 0.4) is 0 Å². The van der Waals surface area contributed by atoms with Gasteiger partial charge in [-0.1, -0.05) is 10.4 Å². The lowest BCUT2D eigenvalue weighted by molar-refractivity contribution is 0.0947. The largest absolute Gasteiger partial charge is 0.409 e. The number of amidine groups is 1. The Morgan fingerprint density at radius 3 is 2.95 bits per heavy atom. The first-order valence-electron chi connectivity index (χ1n) is 5.77. The van der Waals surface area contributed by atoms with E-state index in [-0.39, 0.29) is 17.4 Å². The van der Waals surface area contributed by atoms with Crippen molar-refractivity contribution in [2.75, 3.05) is 6.54 Å². The number of carbonyl (C=O) groups excluding carboxylic acids is 1. The van der Waals surface area contributed by atoms with Crippen molar-refractivity contribution in [1.82, 2.24) is 25.3 Å². The first kappa shape index (κ1) is 13.5. The molecule has 0 spiro atoms. The quantitative estimate of drug-likeness (QED) is 0.283. The summed E-state index contributed by atoms with van der Waals surface area (Å²) < 4.78 is 1.61. The number of nitrogens with one attached hydrogen (secondary N) is 1. The van der Waals surface area contributed by atoms with Gasteiger partial charge in [0.2, 0.25) is 0 Å². The third kappa shape index (κ3) is 3.28. The molecule has 2 aromatic rings. The molecule has 2 rings (SSSR count). The predicted molar refractivity (Wildman–Crippen MR) is 69.1 cm³/mol. The van der Waals surface area contributed by atoms with Crippen LogP contribution in [0.15, 0.2) is 35.9 Å². The number of amides is 1. The molecule has 2 heterocycles. The zero-order valence-corrected chi connectivity index (χ0v) is 10.5. The van der Waals surface area contributed by atoms with E-state index < -0.39 is 0 Å². The van der Waals surface area contributed by atoms with Crippen molar-refractivity contribution in [3.63, 3.8) is 0 Å². The first-order chi connectivity index (χ1) is 9.70. The summed E-state index contributed by atoms with van der Waals surface area (Å²) >= 11 is 0. The molecular weight excluding hydrogens is 262 g/mol. The van der Waals surface area contributed by atoms with Gasteiger partial charge in [0, 0.05) is 24.5 Å². The summed E-state index contributed by atoms with van der Waals surface area (Å²) in [4.78, 5) is 15.7. The lowest BCUT2D eigenvalue weighted by Crippen LogP contribution is -2.28. The summed E-state index contributed by atoms with van der Waals surface area (Å²) in [6.45, 7) is 0.930. The van der Waals surface area contributed by atoms with E-state index in [4.69, 9.17) is 10.9 Å². The molecule has 0 saturated carbocycles. The van der Waals surface area contributed by atoms with Gasteiger partial charge in [-0.2, -0.15) is 0 Å². The SMILES string of the molecule is N/C(=N/O)c1ccc(C(=O)NCCn2ccnn2)nc1. The van der Waals surface area contributed by atoms with Crippen molar-refractivity contribution in [2.45, 2.75) is 6.54 Å². The molecule has 104 valence electrons. The zero-order valence-electron chi connectivity index (χ0n) is 10.5. The van der Waals surface area contributed by atoms with Crippen molar-refractivity contribution >= 4 is 11.7 Å². The minimum atomic E-state index is -0.309. The molecular formula is C11H13N7O2. The minimum absolute atomic E-state index is 0.0596. The minimum Gasteiger partial charge on any atom is -0.409 e. The summed E-state index contributed by atoms with van der Waals surface area (Å²) in [6, 6.07) is 3.05. The Kier molecular flexibility index (Phi) is 4.22. The van der Waals surface area contributed by atoms with Gasteiger partial charge in [-0.15, -0.1) is 5.10 Å². The van der Waals surface area contributed by atoms with Gasteiger partial charge in [-0.25, -0.2) is 0 Å². The van der Waals surface area contributed by atoms with Gasteiger partial charge in [0.05, 0.1) is 12.7 Å². The van der Waals surface area contributed by atoms with Crippen molar-refractivity contribution in [2.24, 2.45) is 10.9 Å². The predicted octanol–water partition coefficient (Wildman–Crippen LogP) is -0.802. The maximum atomic E-state index is 11.8. The molecule has 0 aliphatic rings. The average Bonchev–Trinajstić information content (AvgIpc) is 2.99. The van der Waals surface area contributed by atoms with Gasteiger partial charge < -0.3 is 16.3 Å². The summed E-state index contributed by atoms with van der Waals surface area (Å²) in [6.07, 6.45) is 4.63. The smallest absolute Gasteiger partial charge is 0.269 e. The van der Waals surface area contributed by atoms with E-state index in [0.717, 1.165) is 0 Å². The van der Waals surface area contributed by atoms with Crippen molar-refractivity contribution < 1.29 is 10.0 Å². The highest BCUT2D eigenvalue weighted by Crippen LogP contribution is 2.00. The van der Waals surface area contributed by atoms with Gasteiger partial charge in [0.25, 0.3) is 5.91 Å². The van der Waals surface area contributed by atoms with Crippen LogP contribution >= 0.6 is 0 Å². The average molecular weight is 275 g/mol. The van der Waals surface area contributed by atoms with Crippen LogP contribution in [0.4, 0.5) is 0 Å². The van der Waals surface area contributed by atoms with Gasteiger partial charge in [-0.3, -0.25) is 14.5 Å². The Balaban J connectivity index is 1.89. The van der Waals surface area contributed by atoms with Crippen molar-refractivity contribution in [3.05, 3.63) is 42.0 Å². The van der Waals surface area contributed by atoms with Crippen LogP contribution in [0.2, 0.25) is 0 Å². The molecule has 4 N–H and O–H groups in total. The van der Waals surface area contributed by atoms with E-state index in [1.54, 1.807) is 23.1 Å². The highest BCUT2D eigenvalue weighted by atomic mass is 16.4. The summed E-state index contributed by atoms with van der Waals surface area (Å²) in [5, 5.41) is 21.5. The van der Waals surface area contributed by atoms with E-state index in [1.807, 2.05) is 0 Å². The summed E-state index contributed by atoms with van der Waals surface area (Å²) in [5.41, 5.74) is 6.08. The van der Waals surface area contributed by atoms with Gasteiger partial charge in [-0.05, 0) is 12.1 Å². The lowest BCUT2D eigenvalue weighted by atomic mass is 10.2. The summed E-state index contributed by atoms with van der Waals surface area (Å²) in [7, 11) is 0. The van der Waals surface area contributed by atoms with Crippen LogP contribution in [0.25, 0.3) is 0 Å². The lowest BCUT2D eigenvalue weighted by Gasteiger charge is -2.05. The topological polar surface area (TPSA) is 131 Å². The molecule has 2 aromatic heterocycles. The van der Waals surface area contributed by atoms with E-state index in [1.165, 1.54) is 12.3 Å². The fourth-order valence-corrected chi connectivity index (χ4v) is 1.46. The molecule has 0 bridgehead atoms. The van der Waals surface area contributed by atoms with E-state index in [9.17, 15) is 4.79 Å². The Labute approximate surface area is 114 Å². The first-order valence-corrected chi connectivity index (χ1v) is 5.77. The molecule has 0 saturated heterocycles. The van der Waals surface area contributed by atoms with Gasteiger partial charge in [0.1, 0.15) is 5.69 Å². The number of nitrogens with zero attached hydrogens (tertiary/aromatic N) is 5. The number of nitrogens with two attached hydrogens (primary N) is 1. The second-order valence-corrected chi connectivity index (χ2v) is 3.84. The van der Waals surface area contributed by atoms with E-state index in [0.29, 0.717) is 18.7 Å². The fourth-order valence-electron chi connectivity index (χ4n) is 1.46. The van der Waals surface area contributed by atoms with Crippen LogP contribution in [-0.2, 0) is 6.54 Å². The Hall–Kier alpha value is -2.97. The van der Waals surface area contributed by atoms with Crippen LogP contribution in [0, 0.1) is 0 Å². The van der Waals surface area contributed by atoms with Crippen LogP contribution in [0.1, 0.15) is 16.1 Å². The number of pyridine rings is 1. The second kappa shape index (κ2) is 6.27. The molecule has 0 aromatic carbocycles. The van der Waals surface area contributed by atoms with E-state index in [2.05, 4.69) is 25.8 Å². The monoisotopic (exact) mass is 275 g/mol. The molecule has 0 atom stereocenters. The van der Waals surface area contributed by atoms with Crippen LogP contribution in [0.5, 0.6) is 0 Å². The van der Waals surface area contributed by atoms with Gasteiger partial charge >= 0.3 is 0 Å². The van der Waals surface area contributed by atoms with Crippen molar-refractivity contribution in [1.29, 1.82) is 0 Å². The maximum Gasteiger partial charge on any atom is 0.269 e. The second-order valence-electron chi connectivity index (χ2n) is 3.84. The number of aromatic nitrogens is 4. The Bertz CT molecular complexity index is 592. The highest BCUT2D eigenvalue weighted by Gasteiger charge is 2.07. The molecule has 0 fully saturated rings.